The third-order valence-corrected chi connectivity index (χ3v) is 5.69. The van der Waals surface area contributed by atoms with E-state index in [-0.39, 0.29) is 23.0 Å². The maximum atomic E-state index is 12.8. The Morgan fingerprint density at radius 1 is 1.42 bits per heavy atom. The minimum atomic E-state index is -3.94. The summed E-state index contributed by atoms with van der Waals surface area (Å²) in [6.45, 7) is 1.67. The van der Waals surface area contributed by atoms with Gasteiger partial charge in [-0.25, -0.2) is 13.2 Å². The van der Waals surface area contributed by atoms with Gasteiger partial charge in [0.2, 0.25) is 10.0 Å². The Morgan fingerprint density at radius 3 is 2.88 bits per heavy atom. The van der Waals surface area contributed by atoms with Crippen molar-refractivity contribution in [2.45, 2.75) is 24.0 Å². The number of hydrogen-bond acceptors (Lipinski definition) is 6. The van der Waals surface area contributed by atoms with Crippen LogP contribution in [0.25, 0.3) is 0 Å². The van der Waals surface area contributed by atoms with Crippen molar-refractivity contribution in [1.29, 1.82) is 0 Å². The van der Waals surface area contributed by atoms with Crippen molar-refractivity contribution in [3.63, 3.8) is 0 Å². The Balaban J connectivity index is 1.95. The lowest BCUT2D eigenvalue weighted by atomic mass is 10.2. The van der Waals surface area contributed by atoms with Crippen molar-refractivity contribution in [3.05, 3.63) is 30.4 Å². The fourth-order valence-electron chi connectivity index (χ4n) is 2.55. The van der Waals surface area contributed by atoms with Crippen molar-refractivity contribution in [2.75, 3.05) is 19.0 Å². The van der Waals surface area contributed by atoms with E-state index in [2.05, 4.69) is 10.1 Å². The number of fused-ring (bicyclic) bond motifs is 1. The summed E-state index contributed by atoms with van der Waals surface area (Å²) in [7, 11) is -2.74. The van der Waals surface area contributed by atoms with Gasteiger partial charge in [0.1, 0.15) is 11.8 Å². The largest absolute Gasteiger partial charge is 0.479 e. The van der Waals surface area contributed by atoms with Crippen molar-refractivity contribution >= 4 is 27.6 Å². The quantitative estimate of drug-likeness (QED) is 0.628. The van der Waals surface area contributed by atoms with Crippen LogP contribution in [0.15, 0.2) is 35.2 Å². The molecule has 0 bridgehead atoms. The van der Waals surface area contributed by atoms with E-state index in [1.54, 1.807) is 13.0 Å². The molecule has 1 amide bonds. The molecule has 0 saturated heterocycles. The molecule has 1 aromatic rings. The first-order chi connectivity index (χ1) is 11.3. The van der Waals surface area contributed by atoms with Crippen LogP contribution in [-0.2, 0) is 24.3 Å². The van der Waals surface area contributed by atoms with E-state index in [4.69, 9.17) is 4.74 Å². The first-order valence-electron chi connectivity index (χ1n) is 7.22. The highest BCUT2D eigenvalue weighted by Gasteiger charge is 2.38. The minimum Gasteiger partial charge on any atom is -0.479 e. The molecule has 2 aliphatic heterocycles. The van der Waals surface area contributed by atoms with E-state index in [0.29, 0.717) is 5.75 Å². The summed E-state index contributed by atoms with van der Waals surface area (Å²) >= 11 is 0. The monoisotopic (exact) mass is 352 g/mol. The number of sulfonamides is 1. The van der Waals surface area contributed by atoms with Crippen molar-refractivity contribution in [2.24, 2.45) is 0 Å². The zero-order valence-corrected chi connectivity index (χ0v) is 13.9. The summed E-state index contributed by atoms with van der Waals surface area (Å²) in [4.78, 5) is 23.4. The molecule has 0 fully saturated rings. The second-order valence-electron chi connectivity index (χ2n) is 5.38. The van der Waals surface area contributed by atoms with E-state index in [0.717, 1.165) is 4.31 Å². The summed E-state index contributed by atoms with van der Waals surface area (Å²) in [6, 6.07) is 3.18. The maximum absolute atomic E-state index is 12.8. The minimum absolute atomic E-state index is 0.0442. The number of hydrogen-bond donors (Lipinski definition) is 1. The predicted molar refractivity (Wildman–Crippen MR) is 84.0 cm³/mol. The molecule has 128 valence electrons. The van der Waals surface area contributed by atoms with Gasteiger partial charge in [-0.15, -0.1) is 0 Å². The molecule has 1 N–H and O–H groups in total. The van der Waals surface area contributed by atoms with Crippen LogP contribution < -0.4 is 10.1 Å². The molecule has 24 heavy (non-hydrogen) atoms. The number of ether oxygens (including phenoxy) is 2. The Kier molecular flexibility index (Phi) is 4.06. The zero-order valence-electron chi connectivity index (χ0n) is 13.1. The number of carbonyl (C=O) groups is 2. The van der Waals surface area contributed by atoms with E-state index in [1.807, 2.05) is 0 Å². The second kappa shape index (κ2) is 5.91. The molecule has 2 aliphatic rings. The third kappa shape index (κ3) is 2.65. The lowest BCUT2D eigenvalue weighted by Crippen LogP contribution is -2.41. The van der Waals surface area contributed by atoms with Gasteiger partial charge in [0.15, 0.2) is 6.10 Å². The number of nitrogens with one attached hydrogen (secondary N) is 1. The van der Waals surface area contributed by atoms with Crippen LogP contribution in [-0.4, -0.2) is 50.4 Å². The molecule has 8 nitrogen and oxygen atoms in total. The summed E-state index contributed by atoms with van der Waals surface area (Å²) in [5.41, 5.74) is 0.279. The zero-order chi connectivity index (χ0) is 17.5. The Hall–Kier alpha value is -2.39. The van der Waals surface area contributed by atoms with E-state index in [1.165, 1.54) is 31.4 Å². The van der Waals surface area contributed by atoms with Crippen molar-refractivity contribution in [1.82, 2.24) is 4.31 Å². The van der Waals surface area contributed by atoms with Gasteiger partial charge in [0.25, 0.3) is 5.91 Å². The normalized spacial score (nSPS) is 23.3. The molecular weight excluding hydrogens is 336 g/mol. The molecule has 2 heterocycles. The molecule has 0 aromatic heterocycles. The molecule has 9 heteroatoms. The van der Waals surface area contributed by atoms with E-state index < -0.39 is 28.1 Å². The van der Waals surface area contributed by atoms with Crippen LogP contribution >= 0.6 is 0 Å². The van der Waals surface area contributed by atoms with E-state index >= 15 is 0 Å². The first kappa shape index (κ1) is 16.5. The van der Waals surface area contributed by atoms with Gasteiger partial charge in [-0.2, -0.15) is 4.31 Å². The number of methoxy groups -OCH3 is 1. The van der Waals surface area contributed by atoms with Crippen LogP contribution in [0, 0.1) is 0 Å². The van der Waals surface area contributed by atoms with Crippen LogP contribution in [0.2, 0.25) is 0 Å². The topological polar surface area (TPSA) is 102 Å². The third-order valence-electron chi connectivity index (χ3n) is 3.85. The van der Waals surface area contributed by atoms with Gasteiger partial charge in [-0.1, -0.05) is 12.2 Å². The SMILES string of the molecule is COC(=O)[C@H]1C=CCN1S(=O)(=O)c1ccc2c(c1)NC(=O)[C@H](C)O2. The van der Waals surface area contributed by atoms with E-state index in [9.17, 15) is 18.0 Å². The number of anilines is 1. The molecule has 0 aliphatic carbocycles. The predicted octanol–water partition coefficient (Wildman–Crippen LogP) is 0.508. The molecule has 0 radical (unpaired) electrons. The average Bonchev–Trinajstić information content (AvgIpc) is 3.05. The number of carbonyl (C=O) groups excluding carboxylic acids is 2. The molecule has 0 unspecified atom stereocenters. The second-order valence-corrected chi connectivity index (χ2v) is 7.27. The molecule has 0 saturated carbocycles. The molecule has 3 rings (SSSR count). The summed E-state index contributed by atoms with van der Waals surface area (Å²) in [5.74, 6) is -0.617. The molecular formula is C15H16N2O6S. The van der Waals surface area contributed by atoms with Crippen molar-refractivity contribution in [3.8, 4) is 5.75 Å². The number of rotatable bonds is 3. The Labute approximate surface area is 139 Å². The number of esters is 1. The Morgan fingerprint density at radius 2 is 2.17 bits per heavy atom. The average molecular weight is 352 g/mol. The van der Waals surface area contributed by atoms with Gasteiger partial charge in [0, 0.05) is 6.54 Å². The maximum Gasteiger partial charge on any atom is 0.328 e. The number of benzene rings is 1. The lowest BCUT2D eigenvalue weighted by Gasteiger charge is -2.25. The highest BCUT2D eigenvalue weighted by atomic mass is 32.2. The van der Waals surface area contributed by atoms with Crippen LogP contribution in [0.3, 0.4) is 0 Å². The van der Waals surface area contributed by atoms with Gasteiger partial charge in [-0.3, -0.25) is 4.79 Å². The van der Waals surface area contributed by atoms with Crippen molar-refractivity contribution < 1.29 is 27.5 Å². The summed E-state index contributed by atoms with van der Waals surface area (Å²) in [5, 5.41) is 2.60. The Bertz CT molecular complexity index is 832. The molecule has 1 aromatic carbocycles. The van der Waals surface area contributed by atoms with Crippen LogP contribution in [0.5, 0.6) is 5.75 Å². The highest BCUT2D eigenvalue weighted by molar-refractivity contribution is 7.89. The number of nitrogens with zero attached hydrogens (tertiary/aromatic N) is 1. The standard InChI is InChI=1S/C15H16N2O6S/c1-9-14(18)16-11-8-10(5-6-13(11)23-9)24(20,21)17-7-3-4-12(17)15(19)22-2/h3-6,8-9,12H,7H2,1-2H3,(H,16,18)/t9-,12+/m0/s1. The smallest absolute Gasteiger partial charge is 0.328 e. The van der Waals surface area contributed by atoms with Crippen LogP contribution in [0.4, 0.5) is 5.69 Å². The molecule has 0 spiro atoms. The van der Waals surface area contributed by atoms with Gasteiger partial charge >= 0.3 is 5.97 Å². The fraction of sp³-hybridized carbons (Fsp3) is 0.333. The van der Waals surface area contributed by atoms with Gasteiger partial charge < -0.3 is 14.8 Å². The fourth-order valence-corrected chi connectivity index (χ4v) is 4.07. The van der Waals surface area contributed by atoms with Gasteiger partial charge in [-0.05, 0) is 25.1 Å². The molecule has 2 atom stereocenters. The van der Waals surface area contributed by atoms with Gasteiger partial charge in [0.05, 0.1) is 17.7 Å². The van der Waals surface area contributed by atoms with Crippen LogP contribution in [0.1, 0.15) is 6.92 Å². The lowest BCUT2D eigenvalue weighted by molar-refractivity contribution is -0.143. The summed E-state index contributed by atoms with van der Waals surface area (Å²) < 4.78 is 36.7. The highest BCUT2D eigenvalue weighted by Crippen LogP contribution is 2.33. The summed E-state index contributed by atoms with van der Waals surface area (Å²) in [6.07, 6.45) is 2.42. The first-order valence-corrected chi connectivity index (χ1v) is 8.66. The number of amides is 1.